The number of nitrogen functional groups attached to an aromatic ring is 1. The first-order valence-electron chi connectivity index (χ1n) is 5.50. The monoisotopic (exact) mass is 240 g/mol. The number of nitrogens with two attached hydrogens (primary N) is 1. The van der Waals surface area contributed by atoms with Gasteiger partial charge in [0.2, 0.25) is 0 Å². The van der Waals surface area contributed by atoms with E-state index in [0.717, 1.165) is 22.8 Å². The highest BCUT2D eigenvalue weighted by atomic mass is 15.2. The summed E-state index contributed by atoms with van der Waals surface area (Å²) in [4.78, 5) is 8.60. The lowest BCUT2D eigenvalue weighted by Gasteiger charge is -2.03. The van der Waals surface area contributed by atoms with Crippen molar-refractivity contribution in [1.29, 1.82) is 0 Å². The van der Waals surface area contributed by atoms with Crippen LogP contribution < -0.4 is 5.73 Å². The standard InChI is InChI=1S/C12H12N6/c1-18-7-6-15-12(18)10-9(11(13)17-16-10)8-4-2-3-5-14-8/h2-7H,1H3,(H3,13,16,17). The first-order chi connectivity index (χ1) is 8.77. The molecule has 18 heavy (non-hydrogen) atoms. The van der Waals surface area contributed by atoms with Gasteiger partial charge in [-0.2, -0.15) is 5.10 Å². The molecular weight excluding hydrogens is 228 g/mol. The molecule has 0 aromatic carbocycles. The molecule has 0 atom stereocenters. The summed E-state index contributed by atoms with van der Waals surface area (Å²) in [5, 5.41) is 6.97. The lowest BCUT2D eigenvalue weighted by molar-refractivity contribution is 0.913. The molecule has 0 aliphatic rings. The summed E-state index contributed by atoms with van der Waals surface area (Å²) >= 11 is 0. The fourth-order valence-electron chi connectivity index (χ4n) is 1.89. The number of aryl methyl sites for hydroxylation is 1. The highest BCUT2D eigenvalue weighted by molar-refractivity contribution is 5.83. The zero-order valence-electron chi connectivity index (χ0n) is 9.83. The van der Waals surface area contributed by atoms with Crippen LogP contribution in [0.15, 0.2) is 36.8 Å². The number of imidazole rings is 1. The summed E-state index contributed by atoms with van der Waals surface area (Å²) in [5.41, 5.74) is 8.25. The molecule has 0 amide bonds. The number of nitrogens with one attached hydrogen (secondary N) is 1. The summed E-state index contributed by atoms with van der Waals surface area (Å²) in [5.74, 6) is 1.20. The van der Waals surface area contributed by atoms with Gasteiger partial charge in [0.1, 0.15) is 5.69 Å². The third-order valence-electron chi connectivity index (χ3n) is 2.76. The Bertz CT molecular complexity index is 667. The highest BCUT2D eigenvalue weighted by Gasteiger charge is 2.18. The van der Waals surface area contributed by atoms with E-state index in [1.165, 1.54) is 0 Å². The second-order valence-corrected chi connectivity index (χ2v) is 3.94. The van der Waals surface area contributed by atoms with Crippen molar-refractivity contribution in [3.05, 3.63) is 36.8 Å². The Morgan fingerprint density at radius 3 is 2.78 bits per heavy atom. The van der Waals surface area contributed by atoms with Crippen LogP contribution in [-0.4, -0.2) is 24.7 Å². The van der Waals surface area contributed by atoms with E-state index in [-0.39, 0.29) is 0 Å². The predicted molar refractivity (Wildman–Crippen MR) is 68.4 cm³/mol. The van der Waals surface area contributed by atoms with Crippen molar-refractivity contribution in [2.45, 2.75) is 0 Å². The van der Waals surface area contributed by atoms with Gasteiger partial charge >= 0.3 is 0 Å². The fraction of sp³-hybridized carbons (Fsp3) is 0.0833. The van der Waals surface area contributed by atoms with Crippen molar-refractivity contribution in [3.63, 3.8) is 0 Å². The number of rotatable bonds is 2. The van der Waals surface area contributed by atoms with E-state index in [1.54, 1.807) is 12.4 Å². The minimum absolute atomic E-state index is 0.423. The summed E-state index contributed by atoms with van der Waals surface area (Å²) in [6.07, 6.45) is 5.33. The van der Waals surface area contributed by atoms with Crippen LogP contribution in [-0.2, 0) is 7.05 Å². The lowest BCUT2D eigenvalue weighted by atomic mass is 10.1. The van der Waals surface area contributed by atoms with Crippen LogP contribution in [0.4, 0.5) is 5.82 Å². The molecule has 3 rings (SSSR count). The fourth-order valence-corrected chi connectivity index (χ4v) is 1.89. The zero-order valence-corrected chi connectivity index (χ0v) is 9.83. The average molecular weight is 240 g/mol. The Hall–Kier alpha value is -2.63. The minimum atomic E-state index is 0.423. The molecule has 0 aliphatic carbocycles. The lowest BCUT2D eigenvalue weighted by Crippen LogP contribution is -1.95. The van der Waals surface area contributed by atoms with E-state index in [0.29, 0.717) is 5.82 Å². The van der Waals surface area contributed by atoms with Gasteiger partial charge in [-0.15, -0.1) is 0 Å². The van der Waals surface area contributed by atoms with Gasteiger partial charge in [0.15, 0.2) is 11.6 Å². The quantitative estimate of drug-likeness (QED) is 0.710. The SMILES string of the molecule is Cn1ccnc1-c1[nH]nc(N)c1-c1ccccn1. The Balaban J connectivity index is 2.22. The van der Waals surface area contributed by atoms with Crippen LogP contribution in [0.1, 0.15) is 0 Å². The number of hydrogen-bond donors (Lipinski definition) is 2. The Labute approximate surface area is 104 Å². The molecule has 3 N–H and O–H groups in total. The Morgan fingerprint density at radius 1 is 1.22 bits per heavy atom. The topological polar surface area (TPSA) is 85.4 Å². The molecule has 90 valence electrons. The van der Waals surface area contributed by atoms with Gasteiger partial charge in [-0.1, -0.05) is 6.07 Å². The van der Waals surface area contributed by atoms with E-state index < -0.39 is 0 Å². The smallest absolute Gasteiger partial charge is 0.158 e. The number of nitrogens with zero attached hydrogens (tertiary/aromatic N) is 4. The molecule has 0 radical (unpaired) electrons. The van der Waals surface area contributed by atoms with Crippen LogP contribution >= 0.6 is 0 Å². The van der Waals surface area contributed by atoms with E-state index >= 15 is 0 Å². The molecule has 0 saturated carbocycles. The van der Waals surface area contributed by atoms with E-state index in [2.05, 4.69) is 20.2 Å². The van der Waals surface area contributed by atoms with E-state index in [9.17, 15) is 0 Å². The largest absolute Gasteiger partial charge is 0.382 e. The molecule has 0 aliphatic heterocycles. The number of anilines is 1. The molecule has 0 spiro atoms. The maximum absolute atomic E-state index is 5.91. The van der Waals surface area contributed by atoms with E-state index in [4.69, 9.17) is 5.73 Å². The molecule has 0 bridgehead atoms. The molecule has 0 unspecified atom stereocenters. The first kappa shape index (κ1) is 10.5. The van der Waals surface area contributed by atoms with Gasteiger partial charge in [-0.3, -0.25) is 10.1 Å². The van der Waals surface area contributed by atoms with Crippen LogP contribution in [0.3, 0.4) is 0 Å². The summed E-state index contributed by atoms with van der Waals surface area (Å²) in [7, 11) is 1.92. The van der Waals surface area contributed by atoms with Gasteiger partial charge in [0.05, 0.1) is 11.3 Å². The third-order valence-corrected chi connectivity index (χ3v) is 2.76. The summed E-state index contributed by atoms with van der Waals surface area (Å²) < 4.78 is 1.90. The van der Waals surface area contributed by atoms with Crippen molar-refractivity contribution in [3.8, 4) is 22.8 Å². The number of hydrogen-bond acceptors (Lipinski definition) is 4. The first-order valence-corrected chi connectivity index (χ1v) is 5.50. The van der Waals surface area contributed by atoms with Crippen molar-refractivity contribution in [2.24, 2.45) is 7.05 Å². The second-order valence-electron chi connectivity index (χ2n) is 3.94. The molecule has 3 heterocycles. The molecule has 0 fully saturated rings. The van der Waals surface area contributed by atoms with Crippen molar-refractivity contribution in [1.82, 2.24) is 24.7 Å². The molecule has 6 nitrogen and oxygen atoms in total. The van der Waals surface area contributed by atoms with Gasteiger partial charge in [0.25, 0.3) is 0 Å². The Morgan fingerprint density at radius 2 is 2.11 bits per heavy atom. The van der Waals surface area contributed by atoms with Crippen molar-refractivity contribution in [2.75, 3.05) is 5.73 Å². The van der Waals surface area contributed by atoms with Gasteiger partial charge in [0, 0.05) is 25.6 Å². The van der Waals surface area contributed by atoms with E-state index in [1.807, 2.05) is 36.0 Å². The molecule has 3 aromatic heterocycles. The predicted octanol–water partition coefficient (Wildman–Crippen LogP) is 1.45. The molecular formula is C12H12N6. The van der Waals surface area contributed by atoms with Crippen LogP contribution in [0.2, 0.25) is 0 Å². The molecule has 6 heteroatoms. The normalized spacial score (nSPS) is 10.7. The maximum atomic E-state index is 5.91. The van der Waals surface area contributed by atoms with Gasteiger partial charge in [-0.05, 0) is 12.1 Å². The molecule has 3 aromatic rings. The second kappa shape index (κ2) is 3.99. The summed E-state index contributed by atoms with van der Waals surface area (Å²) in [6, 6.07) is 5.67. The average Bonchev–Trinajstić information content (AvgIpc) is 2.96. The van der Waals surface area contributed by atoms with Crippen molar-refractivity contribution < 1.29 is 0 Å². The highest BCUT2D eigenvalue weighted by Crippen LogP contribution is 2.31. The van der Waals surface area contributed by atoms with Gasteiger partial charge < -0.3 is 10.3 Å². The Kier molecular flexibility index (Phi) is 2.33. The number of aromatic amines is 1. The maximum Gasteiger partial charge on any atom is 0.158 e. The number of aromatic nitrogens is 5. The van der Waals surface area contributed by atoms with Crippen LogP contribution in [0.25, 0.3) is 22.8 Å². The minimum Gasteiger partial charge on any atom is -0.382 e. The van der Waals surface area contributed by atoms with Crippen LogP contribution in [0, 0.1) is 0 Å². The summed E-state index contributed by atoms with van der Waals surface area (Å²) in [6.45, 7) is 0. The zero-order chi connectivity index (χ0) is 12.5. The number of pyridine rings is 1. The molecule has 0 saturated heterocycles. The number of H-pyrrole nitrogens is 1. The van der Waals surface area contributed by atoms with Crippen LogP contribution in [0.5, 0.6) is 0 Å². The van der Waals surface area contributed by atoms with Crippen molar-refractivity contribution >= 4 is 5.82 Å². The van der Waals surface area contributed by atoms with Gasteiger partial charge in [-0.25, -0.2) is 4.98 Å². The third kappa shape index (κ3) is 1.55.